The minimum atomic E-state index is -0.347. The molecule has 1 aliphatic heterocycles. The van der Waals surface area contributed by atoms with E-state index in [1.54, 1.807) is 30.0 Å². The quantitative estimate of drug-likeness (QED) is 0.647. The lowest BCUT2D eigenvalue weighted by Gasteiger charge is -2.26. The first-order valence-electron chi connectivity index (χ1n) is 9.78. The minimum absolute atomic E-state index is 0.0974. The lowest BCUT2D eigenvalue weighted by atomic mass is 10.2. The number of thiophene rings is 1. The van der Waals surface area contributed by atoms with Crippen LogP contribution in [0.15, 0.2) is 35.4 Å². The van der Waals surface area contributed by atoms with Crippen molar-refractivity contribution in [3.8, 4) is 5.75 Å². The summed E-state index contributed by atoms with van der Waals surface area (Å²) < 4.78 is 11.8. The van der Waals surface area contributed by atoms with Crippen LogP contribution in [-0.2, 0) is 16.1 Å². The molecule has 162 valence electrons. The van der Waals surface area contributed by atoms with E-state index in [0.717, 1.165) is 11.3 Å². The molecule has 9 nitrogen and oxygen atoms in total. The molecule has 10 heteroatoms. The first-order valence-corrected chi connectivity index (χ1v) is 10.6. The van der Waals surface area contributed by atoms with Crippen molar-refractivity contribution < 1.29 is 19.1 Å². The standard InChI is InChI=1S/C21H22N4O5S/c1-13-17-20(31-18(13)19(27)23-14-5-3-4-6-15(14)29-2)22-12-25(21(17)28)11-16(26)24-7-9-30-10-8-24/h3-6,12H,7-11H2,1-2H3,(H,23,27). The van der Waals surface area contributed by atoms with Gasteiger partial charge in [0, 0.05) is 13.1 Å². The van der Waals surface area contributed by atoms with Gasteiger partial charge in [0.05, 0.1) is 42.6 Å². The van der Waals surface area contributed by atoms with E-state index in [2.05, 4.69) is 10.3 Å². The molecule has 1 aromatic carbocycles. The monoisotopic (exact) mass is 442 g/mol. The van der Waals surface area contributed by atoms with Gasteiger partial charge in [-0.2, -0.15) is 0 Å². The Labute approximate surface area is 182 Å². The highest BCUT2D eigenvalue weighted by molar-refractivity contribution is 7.20. The second kappa shape index (κ2) is 8.86. The number of carbonyl (C=O) groups excluding carboxylic acids is 2. The third-order valence-corrected chi connectivity index (χ3v) is 6.35. The number of fused-ring (bicyclic) bond motifs is 1. The van der Waals surface area contributed by atoms with Crippen molar-refractivity contribution in [3.05, 3.63) is 51.4 Å². The Hall–Kier alpha value is -3.24. The van der Waals surface area contributed by atoms with Crippen LogP contribution in [0.2, 0.25) is 0 Å². The van der Waals surface area contributed by atoms with Crippen LogP contribution in [0.1, 0.15) is 15.2 Å². The Bertz CT molecular complexity index is 1200. The summed E-state index contributed by atoms with van der Waals surface area (Å²) in [4.78, 5) is 45.3. The number of aromatic nitrogens is 2. The van der Waals surface area contributed by atoms with Gasteiger partial charge in [-0.05, 0) is 24.6 Å². The first-order chi connectivity index (χ1) is 15.0. The topological polar surface area (TPSA) is 103 Å². The Morgan fingerprint density at radius 1 is 1.26 bits per heavy atom. The molecule has 0 unspecified atom stereocenters. The van der Waals surface area contributed by atoms with Crippen LogP contribution < -0.4 is 15.6 Å². The number of hydrogen-bond donors (Lipinski definition) is 1. The maximum absolute atomic E-state index is 13.0. The summed E-state index contributed by atoms with van der Waals surface area (Å²) in [5.74, 6) is 0.0330. The van der Waals surface area contributed by atoms with E-state index in [0.29, 0.717) is 58.4 Å². The van der Waals surface area contributed by atoms with E-state index in [4.69, 9.17) is 9.47 Å². The highest BCUT2D eigenvalue weighted by Gasteiger charge is 2.22. The third kappa shape index (κ3) is 4.17. The van der Waals surface area contributed by atoms with Crippen LogP contribution in [-0.4, -0.2) is 59.7 Å². The predicted octanol–water partition coefficient (Wildman–Crippen LogP) is 1.89. The number of ether oxygens (including phenoxy) is 2. The van der Waals surface area contributed by atoms with E-state index in [9.17, 15) is 14.4 Å². The molecule has 3 aromatic rings. The van der Waals surface area contributed by atoms with E-state index in [1.807, 2.05) is 6.07 Å². The second-order valence-corrected chi connectivity index (χ2v) is 8.06. The van der Waals surface area contributed by atoms with Gasteiger partial charge >= 0.3 is 0 Å². The maximum Gasteiger partial charge on any atom is 0.266 e. The van der Waals surface area contributed by atoms with Gasteiger partial charge in [-0.3, -0.25) is 19.0 Å². The number of nitrogens with zero attached hydrogens (tertiary/aromatic N) is 3. The predicted molar refractivity (Wildman–Crippen MR) is 117 cm³/mol. The van der Waals surface area contributed by atoms with Crippen molar-refractivity contribution in [2.75, 3.05) is 38.7 Å². The number of nitrogens with one attached hydrogen (secondary N) is 1. The lowest BCUT2D eigenvalue weighted by Crippen LogP contribution is -2.43. The van der Waals surface area contributed by atoms with Crippen molar-refractivity contribution in [1.29, 1.82) is 0 Å². The molecular formula is C21H22N4O5S. The number of anilines is 1. The summed E-state index contributed by atoms with van der Waals surface area (Å²) >= 11 is 1.15. The number of para-hydroxylation sites is 2. The fourth-order valence-electron chi connectivity index (χ4n) is 3.47. The molecule has 4 rings (SSSR count). The fourth-order valence-corrected chi connectivity index (χ4v) is 4.51. The van der Waals surface area contributed by atoms with Crippen LogP contribution >= 0.6 is 11.3 Å². The molecule has 0 spiro atoms. The number of hydrogen-bond acceptors (Lipinski definition) is 7. The van der Waals surface area contributed by atoms with E-state index in [-0.39, 0.29) is 23.9 Å². The lowest BCUT2D eigenvalue weighted by molar-refractivity contribution is -0.135. The number of rotatable bonds is 5. The molecule has 1 N–H and O–H groups in total. The third-order valence-electron chi connectivity index (χ3n) is 5.15. The van der Waals surface area contributed by atoms with Crippen LogP contribution in [0.5, 0.6) is 5.75 Å². The highest BCUT2D eigenvalue weighted by Crippen LogP contribution is 2.29. The number of methoxy groups -OCH3 is 1. The molecule has 3 heterocycles. The van der Waals surface area contributed by atoms with Gasteiger partial charge < -0.3 is 19.7 Å². The maximum atomic E-state index is 13.0. The number of benzene rings is 1. The summed E-state index contributed by atoms with van der Waals surface area (Å²) in [5.41, 5.74) is 0.739. The van der Waals surface area contributed by atoms with Crippen molar-refractivity contribution in [2.45, 2.75) is 13.5 Å². The molecule has 0 saturated carbocycles. The molecule has 2 aromatic heterocycles. The molecule has 1 aliphatic rings. The summed E-state index contributed by atoms with van der Waals surface area (Å²) in [5, 5.41) is 3.18. The van der Waals surface area contributed by atoms with Crippen LogP contribution in [0.25, 0.3) is 10.2 Å². The van der Waals surface area contributed by atoms with Gasteiger partial charge in [0.1, 0.15) is 17.1 Å². The highest BCUT2D eigenvalue weighted by atomic mass is 32.1. The van der Waals surface area contributed by atoms with Crippen molar-refractivity contribution in [3.63, 3.8) is 0 Å². The average molecular weight is 442 g/mol. The van der Waals surface area contributed by atoms with Crippen molar-refractivity contribution in [2.24, 2.45) is 0 Å². The zero-order valence-corrected chi connectivity index (χ0v) is 18.0. The average Bonchev–Trinajstić information content (AvgIpc) is 3.13. The molecule has 1 saturated heterocycles. The van der Waals surface area contributed by atoms with Crippen molar-refractivity contribution in [1.82, 2.24) is 14.5 Å². The van der Waals surface area contributed by atoms with E-state index in [1.165, 1.54) is 18.0 Å². The zero-order chi connectivity index (χ0) is 22.0. The molecule has 0 radical (unpaired) electrons. The Morgan fingerprint density at radius 2 is 2.00 bits per heavy atom. The number of aryl methyl sites for hydroxylation is 1. The first kappa shape index (κ1) is 21.0. The van der Waals surface area contributed by atoms with Gasteiger partial charge in [-0.1, -0.05) is 12.1 Å². The molecule has 0 atom stereocenters. The second-order valence-electron chi connectivity index (χ2n) is 7.06. The molecule has 31 heavy (non-hydrogen) atoms. The Morgan fingerprint density at radius 3 is 2.74 bits per heavy atom. The summed E-state index contributed by atoms with van der Waals surface area (Å²) in [7, 11) is 1.53. The molecule has 0 bridgehead atoms. The molecule has 1 fully saturated rings. The smallest absolute Gasteiger partial charge is 0.266 e. The van der Waals surface area contributed by atoms with E-state index < -0.39 is 0 Å². The summed E-state index contributed by atoms with van der Waals surface area (Å²) in [6.07, 6.45) is 1.36. The number of carbonyl (C=O) groups is 2. The number of amides is 2. The largest absolute Gasteiger partial charge is 0.495 e. The van der Waals surface area contributed by atoms with Gasteiger partial charge in [-0.15, -0.1) is 11.3 Å². The summed E-state index contributed by atoms with van der Waals surface area (Å²) in [6.45, 7) is 3.62. The SMILES string of the molecule is COc1ccccc1NC(=O)c1sc2ncn(CC(=O)N3CCOCC3)c(=O)c2c1C. The Balaban J connectivity index is 1.61. The fraction of sp³-hybridized carbons (Fsp3) is 0.333. The molecular weight excluding hydrogens is 420 g/mol. The Kier molecular flexibility index (Phi) is 6.01. The summed E-state index contributed by atoms with van der Waals surface area (Å²) in [6, 6.07) is 7.09. The molecule has 0 aliphatic carbocycles. The van der Waals surface area contributed by atoms with Crippen LogP contribution in [0.4, 0.5) is 5.69 Å². The van der Waals surface area contributed by atoms with E-state index >= 15 is 0 Å². The van der Waals surface area contributed by atoms with Gasteiger partial charge in [-0.25, -0.2) is 4.98 Å². The van der Waals surface area contributed by atoms with Gasteiger partial charge in [0.25, 0.3) is 11.5 Å². The zero-order valence-electron chi connectivity index (χ0n) is 17.2. The molecule has 2 amide bonds. The van der Waals surface area contributed by atoms with Crippen LogP contribution in [0, 0.1) is 6.92 Å². The van der Waals surface area contributed by atoms with Crippen molar-refractivity contribution >= 4 is 39.1 Å². The van der Waals surface area contributed by atoms with Gasteiger partial charge in [0.2, 0.25) is 5.91 Å². The van der Waals surface area contributed by atoms with Gasteiger partial charge in [0.15, 0.2) is 0 Å². The minimum Gasteiger partial charge on any atom is -0.495 e. The van der Waals surface area contributed by atoms with Crippen LogP contribution in [0.3, 0.4) is 0 Å². The number of morpholine rings is 1. The normalized spacial score (nSPS) is 13.9.